The molecule has 0 fully saturated rings. The first-order valence-corrected chi connectivity index (χ1v) is 10.1. The first kappa shape index (κ1) is 23.4. The van der Waals surface area contributed by atoms with E-state index in [-0.39, 0.29) is 18.0 Å². The second-order valence-electron chi connectivity index (χ2n) is 6.58. The predicted octanol–water partition coefficient (Wildman–Crippen LogP) is 3.98. The first-order valence-electron chi connectivity index (χ1n) is 10.1. The summed E-state index contributed by atoms with van der Waals surface area (Å²) < 4.78 is 41.0. The molecule has 0 saturated carbocycles. The molecule has 2 rings (SSSR count). The Morgan fingerprint density at radius 1 is 1.23 bits per heavy atom. The van der Waals surface area contributed by atoms with E-state index < -0.39 is 6.61 Å². The fourth-order valence-electron chi connectivity index (χ4n) is 3.01. The second kappa shape index (κ2) is 12.0. The van der Waals surface area contributed by atoms with Gasteiger partial charge in [0.25, 0.3) is 0 Å². The summed E-state index contributed by atoms with van der Waals surface area (Å²) in [5, 5.41) is 10.4. The van der Waals surface area contributed by atoms with Crippen LogP contribution in [0.15, 0.2) is 27.7 Å². The minimum atomic E-state index is -2.94. The van der Waals surface area contributed by atoms with Crippen LogP contribution in [0.4, 0.5) is 8.78 Å². The van der Waals surface area contributed by atoms with Gasteiger partial charge in [-0.25, -0.2) is 4.99 Å². The normalized spacial score (nSPS) is 11.6. The molecule has 0 spiro atoms. The van der Waals surface area contributed by atoms with Crippen molar-refractivity contribution >= 4 is 5.96 Å². The number of aromatic nitrogens is 1. The van der Waals surface area contributed by atoms with Gasteiger partial charge in [0.05, 0.1) is 18.8 Å². The summed E-state index contributed by atoms with van der Waals surface area (Å²) in [6.45, 7) is 6.53. The Morgan fingerprint density at radius 3 is 2.67 bits per heavy atom. The van der Waals surface area contributed by atoms with Crippen LogP contribution in [0.1, 0.15) is 42.8 Å². The number of aryl methyl sites for hydroxylation is 2. The number of para-hydroxylation sites is 1. The third-order valence-corrected chi connectivity index (χ3v) is 4.40. The number of nitrogens with one attached hydrogen (secondary N) is 2. The Hall–Kier alpha value is -2.84. The smallest absolute Gasteiger partial charge is 0.387 e. The Balaban J connectivity index is 2.02. The number of alkyl halides is 2. The quantitative estimate of drug-likeness (QED) is 0.323. The zero-order valence-corrected chi connectivity index (χ0v) is 17.9. The summed E-state index contributed by atoms with van der Waals surface area (Å²) in [6.07, 6.45) is 1.71. The Labute approximate surface area is 175 Å². The average Bonchev–Trinajstić information content (AvgIpc) is 3.02. The van der Waals surface area contributed by atoms with Crippen LogP contribution in [0.3, 0.4) is 0 Å². The molecule has 2 N–H and O–H groups in total. The highest BCUT2D eigenvalue weighted by Gasteiger charge is 2.15. The number of ether oxygens (including phenoxy) is 2. The lowest BCUT2D eigenvalue weighted by Crippen LogP contribution is -2.37. The van der Waals surface area contributed by atoms with Gasteiger partial charge in [0.15, 0.2) is 17.5 Å². The van der Waals surface area contributed by atoms with Crippen molar-refractivity contribution in [2.45, 2.75) is 53.7 Å². The number of benzene rings is 1. The molecule has 7 nitrogen and oxygen atoms in total. The van der Waals surface area contributed by atoms with Crippen molar-refractivity contribution in [1.29, 1.82) is 0 Å². The second-order valence-corrected chi connectivity index (χ2v) is 6.58. The molecule has 0 unspecified atom stereocenters. The van der Waals surface area contributed by atoms with Crippen LogP contribution in [-0.4, -0.2) is 37.4 Å². The highest BCUT2D eigenvalue weighted by Crippen LogP contribution is 2.33. The van der Waals surface area contributed by atoms with Gasteiger partial charge in [0, 0.05) is 24.2 Å². The lowest BCUT2D eigenvalue weighted by atomic mass is 10.1. The van der Waals surface area contributed by atoms with Crippen molar-refractivity contribution in [2.24, 2.45) is 4.99 Å². The molecule has 9 heteroatoms. The fourth-order valence-corrected chi connectivity index (χ4v) is 3.01. The van der Waals surface area contributed by atoms with E-state index >= 15 is 0 Å². The summed E-state index contributed by atoms with van der Waals surface area (Å²) >= 11 is 0. The monoisotopic (exact) mass is 424 g/mol. The number of hydrogen-bond donors (Lipinski definition) is 2. The van der Waals surface area contributed by atoms with Gasteiger partial charge in [-0.2, -0.15) is 8.78 Å². The molecule has 166 valence electrons. The van der Waals surface area contributed by atoms with Crippen LogP contribution >= 0.6 is 0 Å². The van der Waals surface area contributed by atoms with Crippen LogP contribution < -0.4 is 20.1 Å². The van der Waals surface area contributed by atoms with Crippen LogP contribution in [0.5, 0.6) is 11.5 Å². The van der Waals surface area contributed by atoms with Gasteiger partial charge < -0.3 is 24.6 Å². The van der Waals surface area contributed by atoms with Gasteiger partial charge in [-0.1, -0.05) is 17.3 Å². The van der Waals surface area contributed by atoms with Crippen LogP contribution in [0.2, 0.25) is 0 Å². The van der Waals surface area contributed by atoms with E-state index in [1.54, 1.807) is 25.1 Å². The Kier molecular flexibility index (Phi) is 9.37. The maximum Gasteiger partial charge on any atom is 0.387 e. The lowest BCUT2D eigenvalue weighted by molar-refractivity contribution is -0.0520. The minimum Gasteiger partial charge on any atom is -0.490 e. The third kappa shape index (κ3) is 6.89. The molecule has 0 aliphatic rings. The Bertz CT molecular complexity index is 805. The molecule has 1 aromatic carbocycles. The van der Waals surface area contributed by atoms with E-state index in [1.807, 2.05) is 20.8 Å². The molecular formula is C21H30F2N4O3. The van der Waals surface area contributed by atoms with Gasteiger partial charge in [-0.3, -0.25) is 0 Å². The van der Waals surface area contributed by atoms with E-state index in [4.69, 9.17) is 14.0 Å². The van der Waals surface area contributed by atoms with E-state index in [9.17, 15) is 8.78 Å². The van der Waals surface area contributed by atoms with E-state index in [2.05, 4.69) is 20.8 Å². The van der Waals surface area contributed by atoms with Crippen molar-refractivity contribution < 1.29 is 22.8 Å². The maximum absolute atomic E-state index is 12.9. The van der Waals surface area contributed by atoms with Crippen molar-refractivity contribution in [2.75, 3.05) is 19.7 Å². The number of halogens is 2. The SMILES string of the molecule is CCNC(=NCc1cccc(OCC)c1OC(F)F)NCCCc1c(C)noc1C. The van der Waals surface area contributed by atoms with Gasteiger partial charge in [-0.05, 0) is 46.6 Å². The van der Waals surface area contributed by atoms with E-state index in [0.29, 0.717) is 31.2 Å². The molecule has 0 bridgehead atoms. The molecule has 0 atom stereocenters. The highest BCUT2D eigenvalue weighted by molar-refractivity contribution is 5.79. The highest BCUT2D eigenvalue weighted by atomic mass is 19.3. The molecule has 0 aliphatic heterocycles. The van der Waals surface area contributed by atoms with Gasteiger partial charge >= 0.3 is 6.61 Å². The molecule has 0 saturated heterocycles. The molecule has 1 aromatic heterocycles. The van der Waals surface area contributed by atoms with E-state index in [0.717, 1.165) is 29.9 Å². The first-order chi connectivity index (χ1) is 14.5. The summed E-state index contributed by atoms with van der Waals surface area (Å²) in [5.41, 5.74) is 2.56. The number of aliphatic imine (C=N–C) groups is 1. The average molecular weight is 424 g/mol. The number of rotatable bonds is 11. The molecule has 2 aromatic rings. The Morgan fingerprint density at radius 2 is 2.03 bits per heavy atom. The molecule has 0 radical (unpaired) electrons. The molecule has 1 heterocycles. The van der Waals surface area contributed by atoms with Crippen molar-refractivity contribution in [3.8, 4) is 11.5 Å². The summed E-state index contributed by atoms with van der Waals surface area (Å²) in [4.78, 5) is 4.51. The van der Waals surface area contributed by atoms with Gasteiger partial charge in [-0.15, -0.1) is 0 Å². The predicted molar refractivity (Wildman–Crippen MR) is 111 cm³/mol. The van der Waals surface area contributed by atoms with Gasteiger partial charge in [0.1, 0.15) is 5.76 Å². The topological polar surface area (TPSA) is 80.9 Å². The summed E-state index contributed by atoms with van der Waals surface area (Å²) in [7, 11) is 0. The standard InChI is InChI=1S/C21H30F2N4O3/c1-5-24-21(25-12-8-10-17-14(3)27-30-15(17)4)26-13-16-9-7-11-18(28-6-2)19(16)29-20(22)23/h7,9,11,20H,5-6,8,10,12-13H2,1-4H3,(H2,24,25,26). The van der Waals surface area contributed by atoms with Crippen molar-refractivity contribution in [3.05, 3.63) is 40.8 Å². The number of guanidine groups is 1. The fraction of sp³-hybridized carbons (Fsp3) is 0.524. The lowest BCUT2D eigenvalue weighted by Gasteiger charge is -2.15. The zero-order chi connectivity index (χ0) is 21.9. The minimum absolute atomic E-state index is 0.0207. The van der Waals surface area contributed by atoms with Crippen LogP contribution in [0, 0.1) is 13.8 Å². The molecule has 0 amide bonds. The molecule has 0 aliphatic carbocycles. The number of hydrogen-bond acceptors (Lipinski definition) is 5. The number of nitrogens with zero attached hydrogens (tertiary/aromatic N) is 2. The third-order valence-electron chi connectivity index (χ3n) is 4.40. The van der Waals surface area contributed by atoms with Crippen molar-refractivity contribution in [3.63, 3.8) is 0 Å². The van der Waals surface area contributed by atoms with Crippen LogP contribution in [-0.2, 0) is 13.0 Å². The van der Waals surface area contributed by atoms with Gasteiger partial charge in [0.2, 0.25) is 0 Å². The maximum atomic E-state index is 12.9. The van der Waals surface area contributed by atoms with E-state index in [1.165, 1.54) is 0 Å². The zero-order valence-electron chi connectivity index (χ0n) is 17.9. The summed E-state index contributed by atoms with van der Waals surface area (Å²) in [6, 6.07) is 5.04. The largest absolute Gasteiger partial charge is 0.490 e. The van der Waals surface area contributed by atoms with Crippen molar-refractivity contribution in [1.82, 2.24) is 15.8 Å². The molecule has 30 heavy (non-hydrogen) atoms. The van der Waals surface area contributed by atoms with Crippen LogP contribution in [0.25, 0.3) is 0 Å². The summed E-state index contributed by atoms with van der Waals surface area (Å²) in [5.74, 6) is 1.74. The molecular weight excluding hydrogens is 394 g/mol.